The van der Waals surface area contributed by atoms with Crippen molar-refractivity contribution in [2.75, 3.05) is 20.7 Å². The summed E-state index contributed by atoms with van der Waals surface area (Å²) in [6.45, 7) is 2.72. The van der Waals surface area contributed by atoms with Gasteiger partial charge in [-0.1, -0.05) is 6.07 Å². The van der Waals surface area contributed by atoms with E-state index in [1.165, 1.54) is 11.1 Å². The van der Waals surface area contributed by atoms with Gasteiger partial charge in [-0.25, -0.2) is 0 Å². The minimum Gasteiger partial charge on any atom is -0.497 e. The summed E-state index contributed by atoms with van der Waals surface area (Å²) in [5.74, 6) is 1.16. The van der Waals surface area contributed by atoms with Crippen molar-refractivity contribution in [3.8, 4) is 5.75 Å². The molecule has 0 N–H and O–H groups in total. The van der Waals surface area contributed by atoms with Crippen LogP contribution in [0.2, 0.25) is 0 Å². The first kappa shape index (κ1) is 13.1. The van der Waals surface area contributed by atoms with E-state index < -0.39 is 0 Å². The van der Waals surface area contributed by atoms with Crippen molar-refractivity contribution in [2.24, 2.45) is 0 Å². The number of rotatable bonds is 4. The van der Waals surface area contributed by atoms with Crippen molar-refractivity contribution in [3.63, 3.8) is 0 Å². The highest BCUT2D eigenvalue weighted by atomic mass is 16.5. The fraction of sp³-hybridized carbons (Fsp3) is 0.533. The molecule has 0 radical (unpaired) electrons. The van der Waals surface area contributed by atoms with Crippen LogP contribution in [0.15, 0.2) is 18.2 Å². The number of ether oxygens (including phenoxy) is 1. The minimum atomic E-state index is 0.262. The van der Waals surface area contributed by atoms with Crippen LogP contribution in [-0.4, -0.2) is 31.4 Å². The van der Waals surface area contributed by atoms with Gasteiger partial charge in [-0.05, 0) is 50.1 Å². The lowest BCUT2D eigenvalue weighted by Crippen LogP contribution is -2.32. The molecular formula is C15H21NO2. The van der Waals surface area contributed by atoms with Gasteiger partial charge >= 0.3 is 0 Å². The summed E-state index contributed by atoms with van der Waals surface area (Å²) in [5, 5.41) is 0. The number of carbonyl (C=O) groups is 1. The standard InChI is InChI=1S/C15H21NO2/c1-11(17)4-7-15-14-10-13(18-3)6-5-12(14)8-9-16(15)2/h5-6,10,15H,4,7-9H2,1-3H3. The molecule has 18 heavy (non-hydrogen) atoms. The fourth-order valence-electron chi connectivity index (χ4n) is 2.64. The highest BCUT2D eigenvalue weighted by molar-refractivity contribution is 5.75. The van der Waals surface area contributed by atoms with Gasteiger partial charge < -0.3 is 9.53 Å². The van der Waals surface area contributed by atoms with Gasteiger partial charge in [-0.15, -0.1) is 0 Å². The van der Waals surface area contributed by atoms with Gasteiger partial charge in [0.2, 0.25) is 0 Å². The summed E-state index contributed by atoms with van der Waals surface area (Å²) >= 11 is 0. The van der Waals surface area contributed by atoms with Gasteiger partial charge in [0, 0.05) is 19.0 Å². The number of fused-ring (bicyclic) bond motifs is 1. The van der Waals surface area contributed by atoms with E-state index in [4.69, 9.17) is 4.74 Å². The average Bonchev–Trinajstić information content (AvgIpc) is 2.36. The van der Waals surface area contributed by atoms with Crippen molar-refractivity contribution < 1.29 is 9.53 Å². The summed E-state index contributed by atoms with van der Waals surface area (Å²) in [6.07, 6.45) is 2.62. The Bertz CT molecular complexity index is 442. The Kier molecular flexibility index (Phi) is 4.02. The average molecular weight is 247 g/mol. The zero-order chi connectivity index (χ0) is 13.1. The van der Waals surface area contributed by atoms with E-state index in [1.807, 2.05) is 6.07 Å². The third kappa shape index (κ3) is 2.72. The Morgan fingerprint density at radius 1 is 1.50 bits per heavy atom. The number of methoxy groups -OCH3 is 1. The van der Waals surface area contributed by atoms with Gasteiger partial charge in [-0.2, -0.15) is 0 Å². The summed E-state index contributed by atoms with van der Waals surface area (Å²) in [5.41, 5.74) is 2.71. The Morgan fingerprint density at radius 3 is 2.94 bits per heavy atom. The molecule has 3 nitrogen and oxygen atoms in total. The van der Waals surface area contributed by atoms with Gasteiger partial charge in [0.25, 0.3) is 0 Å². The summed E-state index contributed by atoms with van der Waals surface area (Å²) in [4.78, 5) is 13.5. The normalized spacial score (nSPS) is 19.4. The summed E-state index contributed by atoms with van der Waals surface area (Å²) < 4.78 is 5.30. The molecule has 0 saturated carbocycles. The quantitative estimate of drug-likeness (QED) is 0.819. The Hall–Kier alpha value is -1.35. The summed E-state index contributed by atoms with van der Waals surface area (Å²) in [7, 11) is 3.83. The first-order chi connectivity index (χ1) is 8.61. The smallest absolute Gasteiger partial charge is 0.129 e. The minimum absolute atomic E-state index is 0.262. The molecule has 1 aromatic carbocycles. The van der Waals surface area contributed by atoms with Gasteiger partial charge in [0.05, 0.1) is 7.11 Å². The van der Waals surface area contributed by atoms with Crippen LogP contribution in [0.3, 0.4) is 0 Å². The molecule has 1 heterocycles. The molecule has 0 amide bonds. The maximum atomic E-state index is 11.2. The van der Waals surface area contributed by atoms with Crippen LogP contribution in [-0.2, 0) is 11.2 Å². The molecule has 0 saturated heterocycles. The lowest BCUT2D eigenvalue weighted by atomic mass is 9.89. The summed E-state index contributed by atoms with van der Waals surface area (Å²) in [6, 6.07) is 6.64. The third-order valence-corrected chi connectivity index (χ3v) is 3.75. The molecule has 0 aliphatic carbocycles. The van der Waals surface area contributed by atoms with Crippen LogP contribution in [0.4, 0.5) is 0 Å². The molecule has 0 aromatic heterocycles. The molecule has 3 heteroatoms. The van der Waals surface area contributed by atoms with Crippen LogP contribution in [0.1, 0.15) is 36.9 Å². The largest absolute Gasteiger partial charge is 0.497 e. The number of ketones is 1. The topological polar surface area (TPSA) is 29.5 Å². The van der Waals surface area contributed by atoms with Crippen molar-refractivity contribution in [3.05, 3.63) is 29.3 Å². The molecule has 0 spiro atoms. The van der Waals surface area contributed by atoms with Crippen molar-refractivity contribution in [1.82, 2.24) is 4.90 Å². The predicted molar refractivity (Wildman–Crippen MR) is 72.0 cm³/mol. The first-order valence-corrected chi connectivity index (χ1v) is 6.48. The number of benzene rings is 1. The second kappa shape index (κ2) is 5.53. The third-order valence-electron chi connectivity index (χ3n) is 3.75. The Labute approximate surface area is 109 Å². The number of hydrogen-bond donors (Lipinski definition) is 0. The lowest BCUT2D eigenvalue weighted by Gasteiger charge is -2.34. The zero-order valence-corrected chi connectivity index (χ0v) is 11.4. The number of likely N-dealkylation sites (N-methyl/N-ethyl adjacent to an activating group) is 1. The van der Waals surface area contributed by atoms with E-state index in [0.29, 0.717) is 12.5 Å². The van der Waals surface area contributed by atoms with Crippen LogP contribution in [0.5, 0.6) is 5.75 Å². The highest BCUT2D eigenvalue weighted by Crippen LogP contribution is 2.34. The molecule has 98 valence electrons. The maximum absolute atomic E-state index is 11.2. The van der Waals surface area contributed by atoms with Crippen LogP contribution in [0.25, 0.3) is 0 Å². The van der Waals surface area contributed by atoms with Gasteiger partial charge in [-0.3, -0.25) is 4.90 Å². The molecular weight excluding hydrogens is 226 g/mol. The molecule has 1 aliphatic heterocycles. The monoisotopic (exact) mass is 247 g/mol. The number of carbonyl (C=O) groups excluding carboxylic acids is 1. The van der Waals surface area contributed by atoms with Gasteiger partial charge in [0.1, 0.15) is 11.5 Å². The SMILES string of the molecule is COc1ccc2c(c1)C(CCC(C)=O)N(C)CC2. The molecule has 2 rings (SSSR count). The highest BCUT2D eigenvalue weighted by Gasteiger charge is 2.25. The Balaban J connectivity index is 2.26. The van der Waals surface area contributed by atoms with Crippen molar-refractivity contribution in [2.45, 2.75) is 32.2 Å². The molecule has 0 bridgehead atoms. The van der Waals surface area contributed by atoms with E-state index in [1.54, 1.807) is 14.0 Å². The van der Waals surface area contributed by atoms with E-state index in [2.05, 4.69) is 24.1 Å². The lowest BCUT2D eigenvalue weighted by molar-refractivity contribution is -0.117. The van der Waals surface area contributed by atoms with Crippen molar-refractivity contribution >= 4 is 5.78 Å². The molecule has 1 aliphatic rings. The zero-order valence-electron chi connectivity index (χ0n) is 11.4. The van der Waals surface area contributed by atoms with Gasteiger partial charge in [0.15, 0.2) is 0 Å². The number of hydrogen-bond acceptors (Lipinski definition) is 3. The molecule has 0 fully saturated rings. The van der Waals surface area contributed by atoms with E-state index >= 15 is 0 Å². The predicted octanol–water partition coefficient (Wildman–Crippen LogP) is 2.59. The van der Waals surface area contributed by atoms with Crippen LogP contribution in [0, 0.1) is 0 Å². The van der Waals surface area contributed by atoms with Crippen molar-refractivity contribution in [1.29, 1.82) is 0 Å². The van der Waals surface area contributed by atoms with Crippen LogP contribution >= 0.6 is 0 Å². The number of nitrogens with zero attached hydrogens (tertiary/aromatic N) is 1. The van der Waals surface area contributed by atoms with E-state index in [-0.39, 0.29) is 5.78 Å². The van der Waals surface area contributed by atoms with E-state index in [0.717, 1.165) is 25.1 Å². The second-order valence-corrected chi connectivity index (χ2v) is 5.05. The molecule has 1 aromatic rings. The second-order valence-electron chi connectivity index (χ2n) is 5.05. The maximum Gasteiger partial charge on any atom is 0.129 e. The Morgan fingerprint density at radius 2 is 2.28 bits per heavy atom. The molecule has 1 atom stereocenters. The molecule has 1 unspecified atom stereocenters. The van der Waals surface area contributed by atoms with E-state index in [9.17, 15) is 4.79 Å². The van der Waals surface area contributed by atoms with Crippen LogP contribution < -0.4 is 4.74 Å². The number of Topliss-reactive ketones (excluding diaryl/α,β-unsaturated/α-hetero) is 1. The fourth-order valence-corrected chi connectivity index (χ4v) is 2.64. The first-order valence-electron chi connectivity index (χ1n) is 6.48.